The minimum atomic E-state index is -0.915. The summed E-state index contributed by atoms with van der Waals surface area (Å²) in [5.41, 5.74) is 2.39. The first-order valence-corrected chi connectivity index (χ1v) is 7.19. The monoisotopic (exact) mass is 275 g/mol. The van der Waals surface area contributed by atoms with Crippen molar-refractivity contribution in [1.29, 1.82) is 0 Å². The van der Waals surface area contributed by atoms with E-state index in [9.17, 15) is 9.59 Å². The van der Waals surface area contributed by atoms with Gasteiger partial charge in [-0.3, -0.25) is 9.59 Å². The van der Waals surface area contributed by atoms with Crippen LogP contribution in [0.2, 0.25) is 0 Å². The van der Waals surface area contributed by atoms with E-state index in [2.05, 4.69) is 31.2 Å². The Morgan fingerprint density at radius 2 is 1.75 bits per heavy atom. The van der Waals surface area contributed by atoms with Crippen LogP contribution in [0.1, 0.15) is 43.7 Å². The van der Waals surface area contributed by atoms with Gasteiger partial charge in [0.15, 0.2) is 0 Å². The minimum absolute atomic E-state index is 0.0468. The number of nitrogens with zero attached hydrogens (tertiary/aromatic N) is 1. The lowest BCUT2D eigenvalue weighted by molar-refractivity contribution is -0.141. The Balaban J connectivity index is 1.97. The summed E-state index contributed by atoms with van der Waals surface area (Å²) < 4.78 is 0. The van der Waals surface area contributed by atoms with Gasteiger partial charge in [-0.15, -0.1) is 0 Å². The summed E-state index contributed by atoms with van der Waals surface area (Å²) in [6.45, 7) is 2.70. The SMILES string of the molecule is CCc1ccc(CN(C(=O)CCC(=O)O)C2CC2)cc1. The van der Waals surface area contributed by atoms with Crippen molar-refractivity contribution < 1.29 is 14.7 Å². The van der Waals surface area contributed by atoms with Gasteiger partial charge in [0.2, 0.25) is 5.91 Å². The van der Waals surface area contributed by atoms with Gasteiger partial charge in [0, 0.05) is 19.0 Å². The zero-order valence-corrected chi connectivity index (χ0v) is 11.8. The van der Waals surface area contributed by atoms with Gasteiger partial charge >= 0.3 is 5.97 Å². The number of amides is 1. The first-order chi connectivity index (χ1) is 9.60. The normalized spacial score (nSPS) is 14.1. The molecule has 2 rings (SSSR count). The number of rotatable bonds is 7. The van der Waals surface area contributed by atoms with E-state index < -0.39 is 5.97 Å². The summed E-state index contributed by atoms with van der Waals surface area (Å²) in [7, 11) is 0. The van der Waals surface area contributed by atoms with Crippen molar-refractivity contribution in [3.05, 3.63) is 35.4 Å². The van der Waals surface area contributed by atoms with E-state index in [1.54, 1.807) is 0 Å². The van der Waals surface area contributed by atoms with Crippen molar-refractivity contribution in [3.63, 3.8) is 0 Å². The smallest absolute Gasteiger partial charge is 0.303 e. The molecular formula is C16H21NO3. The van der Waals surface area contributed by atoms with Crippen LogP contribution in [0, 0.1) is 0 Å². The number of carboxylic acid groups (broad SMARTS) is 1. The number of aliphatic carboxylic acids is 1. The lowest BCUT2D eigenvalue weighted by Crippen LogP contribution is -2.32. The Morgan fingerprint density at radius 1 is 1.15 bits per heavy atom. The van der Waals surface area contributed by atoms with Crippen LogP contribution >= 0.6 is 0 Å². The molecule has 4 nitrogen and oxygen atoms in total. The van der Waals surface area contributed by atoms with Gasteiger partial charge in [-0.25, -0.2) is 0 Å². The second-order valence-electron chi connectivity index (χ2n) is 5.32. The molecule has 0 aromatic heterocycles. The molecule has 20 heavy (non-hydrogen) atoms. The fourth-order valence-corrected chi connectivity index (χ4v) is 2.24. The molecule has 0 spiro atoms. The topological polar surface area (TPSA) is 57.6 Å². The maximum absolute atomic E-state index is 12.1. The second-order valence-corrected chi connectivity index (χ2v) is 5.32. The van der Waals surface area contributed by atoms with Gasteiger partial charge in [-0.2, -0.15) is 0 Å². The fraction of sp³-hybridized carbons (Fsp3) is 0.500. The molecule has 1 aromatic rings. The third-order valence-corrected chi connectivity index (χ3v) is 3.64. The molecule has 1 amide bonds. The third-order valence-electron chi connectivity index (χ3n) is 3.64. The first-order valence-electron chi connectivity index (χ1n) is 7.19. The molecule has 0 radical (unpaired) electrons. The van der Waals surface area contributed by atoms with Gasteiger partial charge < -0.3 is 10.0 Å². The molecular weight excluding hydrogens is 254 g/mol. The number of carboxylic acids is 1. The lowest BCUT2D eigenvalue weighted by Gasteiger charge is -2.22. The predicted octanol–water partition coefficient (Wildman–Crippen LogP) is 2.60. The summed E-state index contributed by atoms with van der Waals surface area (Å²) in [6, 6.07) is 8.59. The number of carbonyl (C=O) groups excluding carboxylic acids is 1. The average Bonchev–Trinajstić information content (AvgIpc) is 3.27. The molecule has 0 heterocycles. The molecule has 1 fully saturated rings. The summed E-state index contributed by atoms with van der Waals surface area (Å²) in [5.74, 6) is -0.962. The zero-order chi connectivity index (χ0) is 14.5. The van der Waals surface area contributed by atoms with Crippen molar-refractivity contribution in [3.8, 4) is 0 Å². The lowest BCUT2D eigenvalue weighted by atomic mass is 10.1. The maximum Gasteiger partial charge on any atom is 0.303 e. The van der Waals surface area contributed by atoms with E-state index in [0.29, 0.717) is 12.6 Å². The molecule has 0 saturated heterocycles. The van der Waals surface area contributed by atoms with Crippen LogP contribution in [0.15, 0.2) is 24.3 Å². The van der Waals surface area contributed by atoms with Gasteiger partial charge in [-0.1, -0.05) is 31.2 Å². The molecule has 1 N–H and O–H groups in total. The van der Waals surface area contributed by atoms with Crippen LogP contribution in [0.5, 0.6) is 0 Å². The molecule has 0 unspecified atom stereocenters. The van der Waals surface area contributed by atoms with Crippen LogP contribution in [0.4, 0.5) is 0 Å². The summed E-state index contributed by atoms with van der Waals surface area (Å²) in [6.07, 6.45) is 3.08. The van der Waals surface area contributed by atoms with Gasteiger partial charge in [0.1, 0.15) is 0 Å². The van der Waals surface area contributed by atoms with Crippen LogP contribution in [-0.4, -0.2) is 27.9 Å². The Bertz CT molecular complexity index is 477. The third kappa shape index (κ3) is 4.08. The van der Waals surface area contributed by atoms with Crippen LogP contribution in [-0.2, 0) is 22.6 Å². The molecule has 0 atom stereocenters. The summed E-state index contributed by atoms with van der Waals surface area (Å²) in [4.78, 5) is 24.5. The Kier molecular flexibility index (Phi) is 4.77. The zero-order valence-electron chi connectivity index (χ0n) is 11.8. The number of hydrogen-bond donors (Lipinski definition) is 1. The number of hydrogen-bond acceptors (Lipinski definition) is 2. The van der Waals surface area contributed by atoms with Crippen molar-refractivity contribution in [2.45, 2.75) is 51.6 Å². The second kappa shape index (κ2) is 6.55. The quantitative estimate of drug-likeness (QED) is 0.832. The molecule has 0 bridgehead atoms. The number of carbonyl (C=O) groups is 2. The van der Waals surface area contributed by atoms with Crippen LogP contribution < -0.4 is 0 Å². The Morgan fingerprint density at radius 3 is 2.25 bits per heavy atom. The minimum Gasteiger partial charge on any atom is -0.481 e. The van der Waals surface area contributed by atoms with Crippen molar-refractivity contribution in [2.75, 3.05) is 0 Å². The highest BCUT2D eigenvalue weighted by molar-refractivity contribution is 5.81. The predicted molar refractivity (Wildman–Crippen MR) is 76.3 cm³/mol. The highest BCUT2D eigenvalue weighted by Gasteiger charge is 2.32. The largest absolute Gasteiger partial charge is 0.481 e. The maximum atomic E-state index is 12.1. The van der Waals surface area contributed by atoms with Gasteiger partial charge in [0.05, 0.1) is 6.42 Å². The average molecular weight is 275 g/mol. The van der Waals surface area contributed by atoms with E-state index in [-0.39, 0.29) is 18.7 Å². The Hall–Kier alpha value is -1.84. The van der Waals surface area contributed by atoms with Crippen molar-refractivity contribution in [1.82, 2.24) is 4.90 Å². The number of aryl methyl sites for hydroxylation is 1. The Labute approximate surface area is 119 Å². The highest BCUT2D eigenvalue weighted by Crippen LogP contribution is 2.29. The van der Waals surface area contributed by atoms with Crippen molar-refractivity contribution in [2.24, 2.45) is 0 Å². The molecule has 4 heteroatoms. The molecule has 0 aliphatic heterocycles. The van der Waals surface area contributed by atoms with E-state index in [1.807, 2.05) is 4.90 Å². The van der Waals surface area contributed by atoms with Crippen LogP contribution in [0.25, 0.3) is 0 Å². The molecule has 1 aliphatic rings. The van der Waals surface area contributed by atoms with E-state index in [4.69, 9.17) is 5.11 Å². The van der Waals surface area contributed by atoms with Gasteiger partial charge in [0.25, 0.3) is 0 Å². The van der Waals surface area contributed by atoms with E-state index in [1.165, 1.54) is 5.56 Å². The molecule has 108 valence electrons. The van der Waals surface area contributed by atoms with E-state index in [0.717, 1.165) is 24.8 Å². The molecule has 1 aromatic carbocycles. The van der Waals surface area contributed by atoms with Crippen LogP contribution in [0.3, 0.4) is 0 Å². The standard InChI is InChI=1S/C16H21NO3/c1-2-12-3-5-13(6-4-12)11-17(14-7-8-14)15(18)9-10-16(19)20/h3-6,14H,2,7-11H2,1H3,(H,19,20). The van der Waals surface area contributed by atoms with E-state index >= 15 is 0 Å². The van der Waals surface area contributed by atoms with Crippen molar-refractivity contribution >= 4 is 11.9 Å². The molecule has 1 aliphatic carbocycles. The fourth-order valence-electron chi connectivity index (χ4n) is 2.24. The highest BCUT2D eigenvalue weighted by atomic mass is 16.4. The molecule has 1 saturated carbocycles. The van der Waals surface area contributed by atoms with Gasteiger partial charge in [-0.05, 0) is 30.4 Å². The first kappa shape index (κ1) is 14.6. The summed E-state index contributed by atoms with van der Waals surface area (Å²) >= 11 is 0. The number of benzene rings is 1. The summed E-state index contributed by atoms with van der Waals surface area (Å²) in [5, 5.41) is 8.68.